The summed E-state index contributed by atoms with van der Waals surface area (Å²) in [6.45, 7) is 2.03. The Bertz CT molecular complexity index is 638. The molecule has 0 aliphatic rings. The molecule has 19 heavy (non-hydrogen) atoms. The Labute approximate surface area is 117 Å². The molecule has 0 bridgehead atoms. The first kappa shape index (κ1) is 13.3. The van der Waals surface area contributed by atoms with E-state index in [2.05, 4.69) is 0 Å². The van der Waals surface area contributed by atoms with E-state index in [9.17, 15) is 0 Å². The lowest BCUT2D eigenvalue weighted by Gasteiger charge is -2.09. The first-order valence-corrected chi connectivity index (χ1v) is 6.27. The van der Waals surface area contributed by atoms with Gasteiger partial charge in [0.15, 0.2) is 0 Å². The van der Waals surface area contributed by atoms with Crippen LogP contribution in [0.2, 0.25) is 5.02 Å². The minimum Gasteiger partial charge on any atom is -0.457 e. The fourth-order valence-electron chi connectivity index (χ4n) is 1.73. The van der Waals surface area contributed by atoms with Gasteiger partial charge >= 0.3 is 0 Å². The van der Waals surface area contributed by atoms with E-state index in [4.69, 9.17) is 27.3 Å². The number of hydrogen-bond acceptors (Lipinski definition) is 3. The van der Waals surface area contributed by atoms with Crippen LogP contribution in [0.15, 0.2) is 36.4 Å². The van der Waals surface area contributed by atoms with Crippen LogP contribution >= 0.6 is 11.6 Å². The van der Waals surface area contributed by atoms with Crippen molar-refractivity contribution in [3.63, 3.8) is 0 Å². The largest absolute Gasteiger partial charge is 0.457 e. The molecule has 0 spiro atoms. The van der Waals surface area contributed by atoms with Gasteiger partial charge in [-0.15, -0.1) is 0 Å². The van der Waals surface area contributed by atoms with Crippen LogP contribution in [0, 0.1) is 11.3 Å². The van der Waals surface area contributed by atoms with E-state index in [1.54, 1.807) is 24.3 Å². The Hall–Kier alpha value is -2.18. The fourth-order valence-corrected chi connectivity index (χ4v) is 1.98. The highest BCUT2D eigenvalue weighted by molar-refractivity contribution is 6.31. The number of rotatable bonds is 3. The molecule has 96 valence electrons. The van der Waals surface area contributed by atoms with E-state index in [-0.39, 0.29) is 0 Å². The lowest BCUT2D eigenvalue weighted by atomic mass is 10.1. The summed E-state index contributed by atoms with van der Waals surface area (Å²) in [5, 5.41) is 9.54. The average molecular weight is 273 g/mol. The maximum Gasteiger partial charge on any atom is 0.129 e. The zero-order valence-corrected chi connectivity index (χ0v) is 11.2. The van der Waals surface area contributed by atoms with Crippen LogP contribution < -0.4 is 10.5 Å². The highest BCUT2D eigenvalue weighted by atomic mass is 35.5. The fraction of sp³-hybridized carbons (Fsp3) is 0.133. The molecule has 0 saturated carbocycles. The van der Waals surface area contributed by atoms with Crippen molar-refractivity contribution in [2.24, 2.45) is 0 Å². The van der Waals surface area contributed by atoms with E-state index in [1.165, 1.54) is 0 Å². The lowest BCUT2D eigenvalue weighted by molar-refractivity contribution is 0.482. The smallest absolute Gasteiger partial charge is 0.129 e. The van der Waals surface area contributed by atoms with E-state index >= 15 is 0 Å². The van der Waals surface area contributed by atoms with Gasteiger partial charge in [0.2, 0.25) is 0 Å². The number of nitrogens with two attached hydrogens (primary N) is 1. The molecule has 0 aliphatic carbocycles. The Morgan fingerprint density at radius 1 is 1.21 bits per heavy atom. The first-order valence-electron chi connectivity index (χ1n) is 5.90. The molecule has 0 aromatic heterocycles. The molecule has 0 amide bonds. The second kappa shape index (κ2) is 5.64. The van der Waals surface area contributed by atoms with E-state index in [0.717, 1.165) is 17.0 Å². The van der Waals surface area contributed by atoms with Gasteiger partial charge in [-0.1, -0.05) is 18.5 Å². The number of nitriles is 1. The van der Waals surface area contributed by atoms with Crippen LogP contribution in [0.25, 0.3) is 0 Å². The summed E-state index contributed by atoms with van der Waals surface area (Å²) in [5.41, 5.74) is 7.62. The first-order chi connectivity index (χ1) is 9.13. The Morgan fingerprint density at radius 2 is 1.89 bits per heavy atom. The minimum absolute atomic E-state index is 0.407. The lowest BCUT2D eigenvalue weighted by Crippen LogP contribution is -1.92. The Balaban J connectivity index is 2.26. The summed E-state index contributed by atoms with van der Waals surface area (Å²) in [6, 6.07) is 12.5. The molecule has 0 unspecified atom stereocenters. The number of hydrogen-bond donors (Lipinski definition) is 1. The van der Waals surface area contributed by atoms with E-state index < -0.39 is 0 Å². The monoisotopic (exact) mass is 272 g/mol. The molecular weight excluding hydrogens is 260 g/mol. The number of aryl methyl sites for hydroxylation is 1. The van der Waals surface area contributed by atoms with Crippen LogP contribution in [-0.2, 0) is 6.42 Å². The number of ether oxygens (including phenoxy) is 1. The van der Waals surface area contributed by atoms with Gasteiger partial charge in [0.1, 0.15) is 17.6 Å². The molecule has 3 nitrogen and oxygen atoms in total. The molecule has 0 saturated heterocycles. The van der Waals surface area contributed by atoms with Crippen LogP contribution in [0.3, 0.4) is 0 Å². The molecule has 2 aromatic rings. The normalized spacial score (nSPS) is 9.95. The number of halogens is 1. The average Bonchev–Trinajstić information content (AvgIpc) is 2.41. The van der Waals surface area contributed by atoms with Crippen molar-refractivity contribution in [2.75, 3.05) is 5.73 Å². The van der Waals surface area contributed by atoms with Crippen molar-refractivity contribution >= 4 is 17.3 Å². The molecule has 0 fully saturated rings. The minimum atomic E-state index is 0.407. The molecule has 0 radical (unpaired) electrons. The van der Waals surface area contributed by atoms with Gasteiger partial charge in [-0.3, -0.25) is 0 Å². The van der Waals surface area contributed by atoms with Crippen LogP contribution in [-0.4, -0.2) is 0 Å². The van der Waals surface area contributed by atoms with Crippen LogP contribution in [0.1, 0.15) is 18.1 Å². The highest BCUT2D eigenvalue weighted by Gasteiger charge is 2.04. The summed E-state index contributed by atoms with van der Waals surface area (Å²) in [6.07, 6.45) is 0.839. The molecule has 4 heteroatoms. The summed E-state index contributed by atoms with van der Waals surface area (Å²) in [4.78, 5) is 0. The van der Waals surface area contributed by atoms with Crippen molar-refractivity contribution in [1.82, 2.24) is 0 Å². The Kier molecular flexibility index (Phi) is 3.94. The second-order valence-corrected chi connectivity index (χ2v) is 4.48. The van der Waals surface area contributed by atoms with Crippen molar-refractivity contribution in [3.05, 3.63) is 52.5 Å². The van der Waals surface area contributed by atoms with Crippen LogP contribution in [0.4, 0.5) is 5.69 Å². The standard InChI is InChI=1S/C15H13ClN2O/c1-2-10-7-12(5-6-14(10)16)19-13-4-3-11(9-17)15(18)8-13/h3-8H,2,18H2,1H3. The number of benzene rings is 2. The van der Waals surface area contributed by atoms with Crippen molar-refractivity contribution in [1.29, 1.82) is 5.26 Å². The summed E-state index contributed by atoms with van der Waals surface area (Å²) < 4.78 is 5.71. The number of anilines is 1. The molecule has 2 aromatic carbocycles. The molecule has 0 atom stereocenters. The Morgan fingerprint density at radius 3 is 2.53 bits per heavy atom. The molecule has 2 rings (SSSR count). The second-order valence-electron chi connectivity index (χ2n) is 4.07. The van der Waals surface area contributed by atoms with Gasteiger partial charge in [-0.05, 0) is 42.3 Å². The predicted molar refractivity (Wildman–Crippen MR) is 76.5 cm³/mol. The van der Waals surface area contributed by atoms with Gasteiger partial charge in [-0.25, -0.2) is 0 Å². The third-order valence-electron chi connectivity index (χ3n) is 2.78. The van der Waals surface area contributed by atoms with Gasteiger partial charge < -0.3 is 10.5 Å². The number of nitrogens with zero attached hydrogens (tertiary/aromatic N) is 1. The zero-order chi connectivity index (χ0) is 13.8. The predicted octanol–water partition coefficient (Wildman–Crippen LogP) is 4.15. The third-order valence-corrected chi connectivity index (χ3v) is 3.15. The SMILES string of the molecule is CCc1cc(Oc2ccc(C#N)c(N)c2)ccc1Cl. The van der Waals surface area contributed by atoms with Crippen molar-refractivity contribution in [2.45, 2.75) is 13.3 Å². The third kappa shape index (κ3) is 2.98. The molecular formula is C15H13ClN2O. The number of nitrogen functional groups attached to an aromatic ring is 1. The maximum atomic E-state index is 8.81. The van der Waals surface area contributed by atoms with E-state index in [0.29, 0.717) is 22.7 Å². The van der Waals surface area contributed by atoms with Crippen molar-refractivity contribution < 1.29 is 4.74 Å². The van der Waals surface area contributed by atoms with Gasteiger partial charge in [0.05, 0.1) is 11.3 Å². The summed E-state index contributed by atoms with van der Waals surface area (Å²) >= 11 is 6.05. The molecule has 0 heterocycles. The maximum absolute atomic E-state index is 8.81. The van der Waals surface area contributed by atoms with Gasteiger partial charge in [0.25, 0.3) is 0 Å². The van der Waals surface area contributed by atoms with E-state index in [1.807, 2.05) is 25.1 Å². The zero-order valence-electron chi connectivity index (χ0n) is 10.5. The van der Waals surface area contributed by atoms with Gasteiger partial charge in [0, 0.05) is 11.1 Å². The van der Waals surface area contributed by atoms with Crippen molar-refractivity contribution in [3.8, 4) is 17.6 Å². The summed E-state index contributed by atoms with van der Waals surface area (Å²) in [7, 11) is 0. The topological polar surface area (TPSA) is 59.0 Å². The summed E-state index contributed by atoms with van der Waals surface area (Å²) in [5.74, 6) is 1.30. The highest BCUT2D eigenvalue weighted by Crippen LogP contribution is 2.28. The van der Waals surface area contributed by atoms with Gasteiger partial charge in [-0.2, -0.15) is 5.26 Å². The molecule has 0 aliphatic heterocycles. The molecule has 2 N–H and O–H groups in total. The quantitative estimate of drug-likeness (QED) is 0.854. The van der Waals surface area contributed by atoms with Crippen LogP contribution in [0.5, 0.6) is 11.5 Å².